The molecule has 2 aliphatic heterocycles. The highest BCUT2D eigenvalue weighted by Gasteiger charge is 2.36. The SMILES string of the molecule is Cc1cc(Cl)ccc1-n1c(C)cc(/C=C2/C(=N)N3N=C(C(C)C)SC3=NC2=O)c1C. The fraction of sp³-hybridized carbons (Fsp3) is 0.273. The van der Waals surface area contributed by atoms with Gasteiger partial charge in [0.05, 0.1) is 5.57 Å². The van der Waals surface area contributed by atoms with E-state index < -0.39 is 5.91 Å². The number of hydrazone groups is 1. The number of aliphatic imine (C=N–C) groups is 1. The highest BCUT2D eigenvalue weighted by molar-refractivity contribution is 8.27. The lowest BCUT2D eigenvalue weighted by atomic mass is 10.1. The summed E-state index contributed by atoms with van der Waals surface area (Å²) in [6, 6.07) is 7.80. The topological polar surface area (TPSA) is 73.8 Å². The van der Waals surface area contributed by atoms with Gasteiger partial charge in [-0.25, -0.2) is 0 Å². The molecule has 6 nitrogen and oxygen atoms in total. The van der Waals surface area contributed by atoms with Gasteiger partial charge in [0.15, 0.2) is 5.84 Å². The number of nitrogens with zero attached hydrogens (tertiary/aromatic N) is 4. The molecule has 1 amide bonds. The van der Waals surface area contributed by atoms with Crippen LogP contribution in [0.15, 0.2) is 39.9 Å². The average Bonchev–Trinajstić information content (AvgIpc) is 3.21. The van der Waals surface area contributed by atoms with Crippen LogP contribution in [0.3, 0.4) is 0 Å². The molecule has 1 N–H and O–H groups in total. The summed E-state index contributed by atoms with van der Waals surface area (Å²) in [5, 5.41) is 16.5. The number of hydrogen-bond donors (Lipinski definition) is 1. The summed E-state index contributed by atoms with van der Waals surface area (Å²) in [4.78, 5) is 16.9. The molecule has 8 heteroatoms. The van der Waals surface area contributed by atoms with Gasteiger partial charge in [-0.3, -0.25) is 10.2 Å². The standard InChI is InChI=1S/C22H22ClN5OS/c1-11(2)21-26-28-19(24)17(20(29)25-22(28)30-21)10-15-9-13(4)27(14(15)5)18-7-6-16(23)8-12(18)3/h6-11,24H,1-5H3/b17-10-,24-19?. The van der Waals surface area contributed by atoms with E-state index in [0.717, 1.165) is 33.2 Å². The maximum absolute atomic E-state index is 12.7. The molecule has 1 aromatic carbocycles. The molecule has 2 aromatic rings. The number of nitrogens with one attached hydrogen (secondary N) is 1. The van der Waals surface area contributed by atoms with Gasteiger partial charge in [0.25, 0.3) is 5.91 Å². The highest BCUT2D eigenvalue weighted by Crippen LogP contribution is 2.32. The molecule has 0 spiro atoms. The third-order valence-corrected chi connectivity index (χ3v) is 6.58. The van der Waals surface area contributed by atoms with Gasteiger partial charge < -0.3 is 4.57 Å². The van der Waals surface area contributed by atoms with Crippen molar-refractivity contribution in [2.45, 2.75) is 34.6 Å². The number of fused-ring (bicyclic) bond motifs is 1. The lowest BCUT2D eigenvalue weighted by Crippen LogP contribution is -2.35. The number of benzene rings is 1. The molecule has 30 heavy (non-hydrogen) atoms. The van der Waals surface area contributed by atoms with Crippen LogP contribution in [0.5, 0.6) is 0 Å². The Labute approximate surface area is 184 Å². The van der Waals surface area contributed by atoms with Crippen molar-refractivity contribution in [3.05, 3.63) is 57.4 Å². The van der Waals surface area contributed by atoms with Gasteiger partial charge in [0.2, 0.25) is 5.17 Å². The Morgan fingerprint density at radius 3 is 2.60 bits per heavy atom. The molecule has 4 rings (SSSR count). The molecule has 1 aromatic heterocycles. The molecule has 0 saturated heterocycles. The zero-order valence-electron chi connectivity index (χ0n) is 17.4. The lowest BCUT2D eigenvalue weighted by molar-refractivity contribution is -0.114. The van der Waals surface area contributed by atoms with E-state index in [9.17, 15) is 4.79 Å². The van der Waals surface area contributed by atoms with Crippen LogP contribution in [0.1, 0.15) is 36.4 Å². The van der Waals surface area contributed by atoms with Crippen LogP contribution in [0.4, 0.5) is 0 Å². The monoisotopic (exact) mass is 439 g/mol. The van der Waals surface area contributed by atoms with Crippen molar-refractivity contribution >= 4 is 51.4 Å². The molecule has 154 valence electrons. The van der Waals surface area contributed by atoms with Crippen molar-refractivity contribution in [3.8, 4) is 5.69 Å². The van der Waals surface area contributed by atoms with E-state index in [4.69, 9.17) is 17.0 Å². The van der Waals surface area contributed by atoms with Crippen LogP contribution in [0.25, 0.3) is 11.8 Å². The molecule has 0 unspecified atom stereocenters. The second-order valence-corrected chi connectivity index (χ2v) is 9.13. The molecule has 0 saturated carbocycles. The van der Waals surface area contributed by atoms with Crippen LogP contribution in [0, 0.1) is 32.1 Å². The summed E-state index contributed by atoms with van der Waals surface area (Å²) in [6.07, 6.45) is 1.74. The number of carbonyl (C=O) groups is 1. The predicted molar refractivity (Wildman–Crippen MR) is 125 cm³/mol. The number of hydrogen-bond acceptors (Lipinski definition) is 4. The smallest absolute Gasteiger partial charge is 0.283 e. The number of amidine groups is 2. The Hall–Kier alpha value is -2.64. The summed E-state index contributed by atoms with van der Waals surface area (Å²) in [7, 11) is 0. The first-order chi connectivity index (χ1) is 14.2. The number of thioether (sulfide) groups is 1. The normalized spacial score (nSPS) is 17.7. The zero-order chi connectivity index (χ0) is 21.7. The summed E-state index contributed by atoms with van der Waals surface area (Å²) < 4.78 is 2.13. The van der Waals surface area contributed by atoms with Gasteiger partial charge in [0, 0.05) is 28.0 Å². The van der Waals surface area contributed by atoms with E-state index in [1.165, 1.54) is 16.8 Å². The molecule has 2 aliphatic rings. The van der Waals surface area contributed by atoms with Crippen LogP contribution in [0.2, 0.25) is 5.02 Å². The Kier molecular flexibility index (Phi) is 5.20. The fourth-order valence-electron chi connectivity index (χ4n) is 3.57. The number of aromatic nitrogens is 1. The molecular weight excluding hydrogens is 418 g/mol. The first-order valence-corrected chi connectivity index (χ1v) is 10.8. The summed E-state index contributed by atoms with van der Waals surface area (Å²) in [5.74, 6) is -0.146. The summed E-state index contributed by atoms with van der Waals surface area (Å²) in [6.45, 7) is 10.1. The third kappa shape index (κ3) is 3.42. The minimum Gasteiger partial charge on any atom is -0.318 e. The Bertz CT molecular complexity index is 1190. The van der Waals surface area contributed by atoms with E-state index in [1.807, 2.05) is 58.9 Å². The number of carbonyl (C=O) groups excluding carboxylic acids is 1. The first-order valence-electron chi connectivity index (χ1n) is 9.63. The van der Waals surface area contributed by atoms with Gasteiger partial charge >= 0.3 is 0 Å². The van der Waals surface area contributed by atoms with Crippen LogP contribution in [-0.4, -0.2) is 31.5 Å². The molecule has 3 heterocycles. The molecular formula is C22H22ClN5OS. The quantitative estimate of drug-likeness (QED) is 0.656. The second-order valence-electron chi connectivity index (χ2n) is 7.71. The van der Waals surface area contributed by atoms with Crippen LogP contribution < -0.4 is 0 Å². The highest BCUT2D eigenvalue weighted by atomic mass is 35.5. The third-order valence-electron chi connectivity index (χ3n) is 5.13. The van der Waals surface area contributed by atoms with Gasteiger partial charge in [-0.05, 0) is 74.0 Å². The van der Waals surface area contributed by atoms with Crippen molar-refractivity contribution in [3.63, 3.8) is 0 Å². The van der Waals surface area contributed by atoms with E-state index in [2.05, 4.69) is 14.7 Å². The average molecular weight is 440 g/mol. The maximum atomic E-state index is 12.7. The predicted octanol–water partition coefficient (Wildman–Crippen LogP) is 5.33. The zero-order valence-corrected chi connectivity index (χ0v) is 19.0. The van der Waals surface area contributed by atoms with E-state index >= 15 is 0 Å². The van der Waals surface area contributed by atoms with Crippen molar-refractivity contribution in [2.75, 3.05) is 0 Å². The Morgan fingerprint density at radius 1 is 1.20 bits per heavy atom. The van der Waals surface area contributed by atoms with Gasteiger partial charge in [0.1, 0.15) is 5.04 Å². The Morgan fingerprint density at radius 2 is 1.93 bits per heavy atom. The second kappa shape index (κ2) is 7.56. The van der Waals surface area contributed by atoms with E-state index in [1.54, 1.807) is 6.08 Å². The number of amides is 1. The maximum Gasteiger partial charge on any atom is 0.283 e. The molecule has 0 atom stereocenters. The van der Waals surface area contributed by atoms with E-state index in [-0.39, 0.29) is 17.3 Å². The van der Waals surface area contributed by atoms with E-state index in [0.29, 0.717) is 10.2 Å². The van der Waals surface area contributed by atoms with Crippen molar-refractivity contribution in [1.82, 2.24) is 9.58 Å². The number of rotatable bonds is 3. The van der Waals surface area contributed by atoms with Gasteiger partial charge in [-0.1, -0.05) is 25.4 Å². The lowest BCUT2D eigenvalue weighted by Gasteiger charge is -2.20. The van der Waals surface area contributed by atoms with Crippen molar-refractivity contribution in [1.29, 1.82) is 5.41 Å². The van der Waals surface area contributed by atoms with Crippen LogP contribution in [-0.2, 0) is 4.79 Å². The van der Waals surface area contributed by atoms with Crippen LogP contribution >= 0.6 is 23.4 Å². The fourth-order valence-corrected chi connectivity index (χ4v) is 4.69. The number of halogens is 1. The minimum atomic E-state index is -0.411. The Balaban J connectivity index is 1.76. The summed E-state index contributed by atoms with van der Waals surface area (Å²) >= 11 is 7.47. The summed E-state index contributed by atoms with van der Waals surface area (Å²) in [5.41, 5.74) is 5.20. The van der Waals surface area contributed by atoms with Crippen molar-refractivity contribution < 1.29 is 4.79 Å². The molecule has 0 aliphatic carbocycles. The molecule has 0 fully saturated rings. The first kappa shape index (κ1) is 20.6. The van der Waals surface area contributed by atoms with Gasteiger partial charge in [-0.2, -0.15) is 15.1 Å². The molecule has 0 radical (unpaired) electrons. The molecule has 0 bridgehead atoms. The largest absolute Gasteiger partial charge is 0.318 e. The number of aryl methyl sites for hydroxylation is 2. The van der Waals surface area contributed by atoms with Crippen molar-refractivity contribution in [2.24, 2.45) is 16.0 Å². The minimum absolute atomic E-state index is 0.0561. The van der Waals surface area contributed by atoms with Gasteiger partial charge in [-0.15, -0.1) is 0 Å².